The fourth-order valence-electron chi connectivity index (χ4n) is 9.49. The summed E-state index contributed by atoms with van der Waals surface area (Å²) in [5.74, 6) is 0. The summed E-state index contributed by atoms with van der Waals surface area (Å²) in [6.07, 6.45) is 1.75. The maximum absolute atomic E-state index is 6.18. The van der Waals surface area contributed by atoms with Crippen molar-refractivity contribution in [3.8, 4) is 33.6 Å². The van der Waals surface area contributed by atoms with Gasteiger partial charge in [-0.05, 0) is 126 Å². The maximum Gasteiger partial charge on any atom is 0.135 e. The monoisotopic (exact) mass is 876 g/mol. The van der Waals surface area contributed by atoms with Gasteiger partial charge in [0.1, 0.15) is 11.2 Å². The molecule has 0 bridgehead atoms. The summed E-state index contributed by atoms with van der Waals surface area (Å²) in [5.41, 5.74) is 13.6. The second-order valence-electron chi connectivity index (χ2n) is 15.9. The number of hydrogen-bond acceptors (Lipinski definition) is 2. The first-order valence-electron chi connectivity index (χ1n) is 20.8. The van der Waals surface area contributed by atoms with Crippen LogP contribution in [0.1, 0.15) is 6.92 Å². The average molecular weight is 878 g/mol. The maximum atomic E-state index is 6.18. The molecule has 0 aliphatic carbocycles. The minimum absolute atomic E-state index is 0.901. The lowest BCUT2D eigenvalue weighted by molar-refractivity contribution is 0.669. The average Bonchev–Trinajstić information content (AvgIpc) is 4.06. The number of allylic oxidation sites excluding steroid dienone is 1. The number of hydrogen-bond donors (Lipinski definition) is 0. The van der Waals surface area contributed by atoms with Gasteiger partial charge >= 0.3 is 0 Å². The quantitative estimate of drug-likeness (QED) is 0.162. The highest BCUT2D eigenvalue weighted by Gasteiger charge is 2.18. The summed E-state index contributed by atoms with van der Waals surface area (Å²) in [6, 6.07) is 68.6. The van der Waals surface area contributed by atoms with E-state index in [2.05, 4.69) is 208 Å². The van der Waals surface area contributed by atoms with E-state index in [0.29, 0.717) is 0 Å². The van der Waals surface area contributed by atoms with Crippen molar-refractivity contribution in [1.82, 2.24) is 9.13 Å². The number of rotatable bonds is 4. The van der Waals surface area contributed by atoms with Crippen molar-refractivity contribution in [3.05, 3.63) is 205 Å². The van der Waals surface area contributed by atoms with Crippen molar-refractivity contribution in [2.24, 2.45) is 0 Å². The van der Waals surface area contributed by atoms with Crippen LogP contribution < -0.4 is 0 Å². The normalized spacial score (nSPS) is 11.8. The number of halogens is 1. The van der Waals surface area contributed by atoms with Gasteiger partial charge < -0.3 is 13.6 Å². The molecule has 0 N–H and O–H groups in total. The Morgan fingerprint density at radius 2 is 0.919 bits per heavy atom. The molecule has 9 aromatic carbocycles. The number of benzene rings is 9. The number of furan rings is 1. The van der Waals surface area contributed by atoms with Gasteiger partial charge in [-0.3, -0.25) is 0 Å². The molecule has 0 atom stereocenters. The zero-order valence-electron chi connectivity index (χ0n) is 33.8. The molecule has 4 aromatic heterocycles. The highest BCUT2D eigenvalue weighted by atomic mass is 79.9. The first-order valence-corrected chi connectivity index (χ1v) is 22.4. The molecule has 13 aromatic rings. The van der Waals surface area contributed by atoms with E-state index in [9.17, 15) is 0 Å². The molecule has 0 amide bonds. The molecule has 3 nitrogen and oxygen atoms in total. The van der Waals surface area contributed by atoms with Crippen LogP contribution in [-0.2, 0) is 0 Å². The molecule has 0 unspecified atom stereocenters. The fraction of sp³-hybridized carbons (Fsp3) is 0.0175. The van der Waals surface area contributed by atoms with Crippen LogP contribution in [0.4, 0.5) is 0 Å². The summed E-state index contributed by atoms with van der Waals surface area (Å²) < 4.78 is 14.7. The van der Waals surface area contributed by atoms with Crippen LogP contribution in [0.25, 0.3) is 119 Å². The van der Waals surface area contributed by atoms with E-state index in [0.717, 1.165) is 32.1 Å². The van der Waals surface area contributed by atoms with E-state index in [1.807, 2.05) is 30.4 Å². The molecular formula is C57H37BrN2OS. The largest absolute Gasteiger partial charge is 0.456 e. The molecule has 0 saturated carbocycles. The molecule has 62 heavy (non-hydrogen) atoms. The number of thiophene rings is 1. The van der Waals surface area contributed by atoms with Crippen LogP contribution in [0.5, 0.6) is 0 Å². The first kappa shape index (κ1) is 36.7. The number of nitrogens with zero attached hydrogens (tertiary/aromatic N) is 2. The van der Waals surface area contributed by atoms with Crippen molar-refractivity contribution in [3.63, 3.8) is 0 Å². The molecule has 0 aliphatic rings. The van der Waals surface area contributed by atoms with Gasteiger partial charge in [0.05, 0.1) is 22.1 Å². The van der Waals surface area contributed by atoms with Crippen molar-refractivity contribution in [1.29, 1.82) is 0 Å². The number of fused-ring (bicyclic) bond motifs is 12. The van der Waals surface area contributed by atoms with Gasteiger partial charge in [0.25, 0.3) is 0 Å². The van der Waals surface area contributed by atoms with Crippen LogP contribution >= 0.6 is 27.3 Å². The summed E-state index contributed by atoms with van der Waals surface area (Å²) in [4.78, 5) is 0. The summed E-state index contributed by atoms with van der Waals surface area (Å²) in [7, 11) is 0. The molecule has 0 fully saturated rings. The summed E-state index contributed by atoms with van der Waals surface area (Å²) in [5, 5.41) is 9.83. The van der Waals surface area contributed by atoms with Gasteiger partial charge in [-0.2, -0.15) is 0 Å². The Kier molecular flexibility index (Phi) is 8.56. The highest BCUT2D eigenvalue weighted by Crippen LogP contribution is 2.41. The van der Waals surface area contributed by atoms with Crippen LogP contribution in [0.2, 0.25) is 0 Å². The smallest absolute Gasteiger partial charge is 0.135 e. The van der Waals surface area contributed by atoms with Crippen LogP contribution in [0, 0.1) is 0 Å². The summed E-state index contributed by atoms with van der Waals surface area (Å²) >= 11 is 5.77. The zero-order valence-corrected chi connectivity index (χ0v) is 36.2. The second kappa shape index (κ2) is 14.5. The van der Waals surface area contributed by atoms with E-state index >= 15 is 0 Å². The van der Waals surface area contributed by atoms with E-state index in [-0.39, 0.29) is 0 Å². The SMILES string of the molecule is Brc1cc(-c2ccc3c(c2)c2ccccc2n3-c2ccc3c(c2)sc2ccccc23)cc(-c2ccc3c(c2)c2ccccc2n3-c2ccc3oc4ccccc4c3c2)c1.C=CC. The minimum atomic E-state index is 0.901. The minimum Gasteiger partial charge on any atom is -0.456 e. The van der Waals surface area contributed by atoms with Crippen molar-refractivity contribution < 1.29 is 4.42 Å². The Bertz CT molecular complexity index is 3930. The number of aromatic nitrogens is 2. The third kappa shape index (κ3) is 5.77. The van der Waals surface area contributed by atoms with Crippen LogP contribution in [0.3, 0.4) is 0 Å². The van der Waals surface area contributed by atoms with E-state index in [4.69, 9.17) is 4.42 Å². The van der Waals surface area contributed by atoms with Crippen molar-refractivity contribution in [2.45, 2.75) is 6.92 Å². The molecule has 4 heterocycles. The van der Waals surface area contributed by atoms with E-state index in [1.165, 1.54) is 91.7 Å². The molecule has 13 rings (SSSR count). The molecule has 5 heteroatoms. The Morgan fingerprint density at radius 1 is 0.419 bits per heavy atom. The standard InChI is InChI=1S/C54H31BrN2OS.C3H6/c55-36-26-34(32-17-22-49-44(28-32)39-9-1-5-13-47(39)56(49)37-20-24-52-46(30-37)41-11-3-7-15-51(41)58-52)25-35(27-36)33-18-23-50-45(29-33)40-10-2-6-14-48(40)57(50)38-19-21-43-42-12-4-8-16-53(42)59-54(43)31-38;1-3-2/h1-31H;3H,1H2,2H3. The summed E-state index contributed by atoms with van der Waals surface area (Å²) in [6.45, 7) is 5.25. The van der Waals surface area contributed by atoms with Gasteiger partial charge in [-0.1, -0.05) is 113 Å². The molecule has 0 saturated heterocycles. The third-order valence-electron chi connectivity index (χ3n) is 12.1. The Labute approximate surface area is 370 Å². The van der Waals surface area contributed by atoms with Gasteiger partial charge in [0, 0.05) is 68.3 Å². The van der Waals surface area contributed by atoms with Crippen LogP contribution in [0.15, 0.2) is 210 Å². The van der Waals surface area contributed by atoms with E-state index in [1.54, 1.807) is 6.08 Å². The molecule has 0 radical (unpaired) electrons. The lowest BCUT2D eigenvalue weighted by Gasteiger charge is -2.11. The topological polar surface area (TPSA) is 23.0 Å². The predicted molar refractivity (Wildman–Crippen MR) is 270 cm³/mol. The van der Waals surface area contributed by atoms with Gasteiger partial charge in [-0.25, -0.2) is 0 Å². The highest BCUT2D eigenvalue weighted by molar-refractivity contribution is 9.10. The Balaban J connectivity index is 0.00000133. The van der Waals surface area contributed by atoms with Gasteiger partial charge in [-0.15, -0.1) is 17.9 Å². The van der Waals surface area contributed by atoms with Gasteiger partial charge in [0.2, 0.25) is 0 Å². The second-order valence-corrected chi connectivity index (χ2v) is 17.9. The lowest BCUT2D eigenvalue weighted by atomic mass is 9.97. The number of para-hydroxylation sites is 3. The Hall–Kier alpha value is -7.18. The first-order chi connectivity index (χ1) is 30.5. The Morgan fingerprint density at radius 3 is 1.58 bits per heavy atom. The zero-order chi connectivity index (χ0) is 41.5. The van der Waals surface area contributed by atoms with E-state index < -0.39 is 0 Å². The van der Waals surface area contributed by atoms with Gasteiger partial charge in [0.15, 0.2) is 0 Å². The van der Waals surface area contributed by atoms with Crippen molar-refractivity contribution in [2.75, 3.05) is 0 Å². The molecular weight excluding hydrogens is 841 g/mol. The van der Waals surface area contributed by atoms with Crippen molar-refractivity contribution >= 4 is 113 Å². The predicted octanol–water partition coefficient (Wildman–Crippen LogP) is 17.4. The molecule has 0 aliphatic heterocycles. The fourth-order valence-corrected chi connectivity index (χ4v) is 11.1. The third-order valence-corrected chi connectivity index (χ3v) is 13.7. The van der Waals surface area contributed by atoms with Crippen LogP contribution in [-0.4, -0.2) is 9.13 Å². The molecule has 294 valence electrons. The molecule has 0 spiro atoms. The lowest BCUT2D eigenvalue weighted by Crippen LogP contribution is -1.93.